The topological polar surface area (TPSA) is 72.6 Å². The molecule has 1 aliphatic carbocycles. The molecule has 2 fully saturated rings. The number of alkyl halides is 3. The molecule has 2 amide bonds. The molecule has 0 bridgehead atoms. The number of carbonyl (C=O) groups excluding carboxylic acids is 2. The van der Waals surface area contributed by atoms with Crippen LogP contribution in [0.15, 0.2) is 42.5 Å². The van der Waals surface area contributed by atoms with Crippen molar-refractivity contribution in [3.8, 4) is 11.1 Å². The predicted molar refractivity (Wildman–Crippen MR) is 115 cm³/mol. The van der Waals surface area contributed by atoms with Gasteiger partial charge < -0.3 is 15.4 Å². The van der Waals surface area contributed by atoms with Gasteiger partial charge in [-0.1, -0.05) is 18.2 Å². The van der Waals surface area contributed by atoms with E-state index < -0.39 is 59.9 Å². The molecule has 4 rings (SSSR count). The van der Waals surface area contributed by atoms with Gasteiger partial charge in [0.05, 0.1) is 13.2 Å². The third kappa shape index (κ3) is 6.89. The Bertz CT molecular complexity index is 1040. The SMILES string of the molecule is Fc1cc(F)cc(-c2ccccc2F)c1.NC(=O)OCCC1CN(C(=O)C2CC(F)C2)CC1(F)F. The van der Waals surface area contributed by atoms with E-state index in [0.29, 0.717) is 0 Å². The molecule has 0 aromatic heterocycles. The maximum atomic E-state index is 13.8. The number of ether oxygens (including phenoxy) is 1. The first-order chi connectivity index (χ1) is 16.5. The van der Waals surface area contributed by atoms with E-state index >= 15 is 0 Å². The Balaban J connectivity index is 0.000000203. The van der Waals surface area contributed by atoms with Gasteiger partial charge in [-0.25, -0.2) is 31.1 Å². The second kappa shape index (κ2) is 11.0. The smallest absolute Gasteiger partial charge is 0.404 e. The van der Waals surface area contributed by atoms with Crippen molar-refractivity contribution >= 4 is 12.0 Å². The molecule has 1 atom stereocenters. The number of rotatable bonds is 5. The van der Waals surface area contributed by atoms with Gasteiger partial charge in [-0.05, 0) is 43.0 Å². The minimum absolute atomic E-state index is 0.0594. The van der Waals surface area contributed by atoms with Crippen LogP contribution >= 0.6 is 0 Å². The van der Waals surface area contributed by atoms with Crippen LogP contribution < -0.4 is 5.73 Å². The third-order valence-corrected chi connectivity index (χ3v) is 5.94. The van der Waals surface area contributed by atoms with E-state index in [0.717, 1.165) is 23.1 Å². The van der Waals surface area contributed by atoms with Gasteiger partial charge in [0, 0.05) is 30.0 Å². The Labute approximate surface area is 197 Å². The molecule has 11 heteroatoms. The van der Waals surface area contributed by atoms with Crippen molar-refractivity contribution in [2.45, 2.75) is 31.4 Å². The summed E-state index contributed by atoms with van der Waals surface area (Å²) >= 11 is 0. The average molecular weight is 502 g/mol. The molecular weight excluding hydrogens is 478 g/mol. The summed E-state index contributed by atoms with van der Waals surface area (Å²) in [6, 6.07) is 8.81. The summed E-state index contributed by atoms with van der Waals surface area (Å²) < 4.78 is 83.7. The van der Waals surface area contributed by atoms with Gasteiger partial charge in [-0.15, -0.1) is 0 Å². The summed E-state index contributed by atoms with van der Waals surface area (Å²) in [5.41, 5.74) is 5.14. The molecule has 1 saturated heterocycles. The Kier molecular flexibility index (Phi) is 8.29. The van der Waals surface area contributed by atoms with Gasteiger partial charge in [0.25, 0.3) is 5.92 Å². The Morgan fingerprint density at radius 2 is 1.69 bits per heavy atom. The molecular formula is C24H24F6N2O3. The second-order valence-corrected chi connectivity index (χ2v) is 8.54. The molecule has 5 nitrogen and oxygen atoms in total. The summed E-state index contributed by atoms with van der Waals surface area (Å²) in [5.74, 6) is -6.88. The van der Waals surface area contributed by atoms with Gasteiger partial charge >= 0.3 is 6.09 Å². The number of nitrogens with zero attached hydrogens (tertiary/aromatic N) is 1. The normalized spacial score (nSPS) is 22.6. The van der Waals surface area contributed by atoms with Gasteiger partial charge in [-0.3, -0.25) is 4.79 Å². The van der Waals surface area contributed by atoms with E-state index in [1.165, 1.54) is 18.2 Å². The van der Waals surface area contributed by atoms with Gasteiger partial charge in [0.15, 0.2) is 0 Å². The lowest BCUT2D eigenvalue weighted by molar-refractivity contribution is -0.140. The number of likely N-dealkylation sites (tertiary alicyclic amines) is 1. The van der Waals surface area contributed by atoms with E-state index in [-0.39, 0.29) is 43.5 Å². The number of hydrogen-bond donors (Lipinski definition) is 1. The fraction of sp³-hybridized carbons (Fsp3) is 0.417. The second-order valence-electron chi connectivity index (χ2n) is 8.54. The van der Waals surface area contributed by atoms with Crippen molar-refractivity contribution in [1.82, 2.24) is 4.90 Å². The molecule has 1 aliphatic heterocycles. The highest BCUT2D eigenvalue weighted by Gasteiger charge is 2.51. The first-order valence-corrected chi connectivity index (χ1v) is 10.9. The van der Waals surface area contributed by atoms with Crippen molar-refractivity contribution in [3.05, 3.63) is 59.9 Å². The Morgan fingerprint density at radius 3 is 2.26 bits per heavy atom. The molecule has 2 N–H and O–H groups in total. The molecule has 35 heavy (non-hydrogen) atoms. The molecule has 1 saturated carbocycles. The highest BCUT2D eigenvalue weighted by atomic mass is 19.3. The molecule has 2 aromatic carbocycles. The van der Waals surface area contributed by atoms with Crippen LogP contribution in [-0.2, 0) is 9.53 Å². The quantitative estimate of drug-likeness (QED) is 0.580. The Hall–Kier alpha value is -3.24. The summed E-state index contributed by atoms with van der Waals surface area (Å²) in [4.78, 5) is 23.4. The minimum atomic E-state index is -3.02. The number of carbonyl (C=O) groups is 2. The van der Waals surface area contributed by atoms with E-state index in [9.17, 15) is 35.9 Å². The van der Waals surface area contributed by atoms with Crippen molar-refractivity contribution in [2.24, 2.45) is 17.6 Å². The van der Waals surface area contributed by atoms with Crippen molar-refractivity contribution in [1.29, 1.82) is 0 Å². The summed E-state index contributed by atoms with van der Waals surface area (Å²) in [5, 5.41) is 0. The number of amides is 2. The molecule has 1 heterocycles. The first kappa shape index (κ1) is 26.4. The lowest BCUT2D eigenvalue weighted by Gasteiger charge is -2.31. The number of hydrogen-bond acceptors (Lipinski definition) is 3. The van der Waals surface area contributed by atoms with Crippen LogP contribution in [0.1, 0.15) is 19.3 Å². The highest BCUT2D eigenvalue weighted by molar-refractivity contribution is 5.80. The number of halogens is 6. The van der Waals surface area contributed by atoms with E-state index in [2.05, 4.69) is 4.74 Å². The largest absolute Gasteiger partial charge is 0.450 e. The first-order valence-electron chi connectivity index (χ1n) is 10.9. The van der Waals surface area contributed by atoms with Gasteiger partial charge in [0.2, 0.25) is 5.91 Å². The zero-order valence-electron chi connectivity index (χ0n) is 18.5. The number of primary amides is 1. The molecule has 0 radical (unpaired) electrons. The van der Waals surface area contributed by atoms with Crippen molar-refractivity contribution < 1.29 is 40.7 Å². The zero-order valence-corrected chi connectivity index (χ0v) is 18.5. The average Bonchev–Trinajstić information content (AvgIpc) is 3.05. The van der Waals surface area contributed by atoms with Gasteiger partial charge in [0.1, 0.15) is 23.6 Å². The van der Waals surface area contributed by atoms with E-state index in [1.807, 2.05) is 0 Å². The van der Waals surface area contributed by atoms with Crippen LogP contribution in [0.4, 0.5) is 31.1 Å². The van der Waals surface area contributed by atoms with Crippen LogP contribution in [0.25, 0.3) is 11.1 Å². The van der Waals surface area contributed by atoms with Gasteiger partial charge in [-0.2, -0.15) is 0 Å². The summed E-state index contributed by atoms with van der Waals surface area (Å²) in [7, 11) is 0. The summed E-state index contributed by atoms with van der Waals surface area (Å²) in [6.45, 7) is -0.949. The third-order valence-electron chi connectivity index (χ3n) is 5.94. The molecule has 0 spiro atoms. The maximum Gasteiger partial charge on any atom is 0.404 e. The summed E-state index contributed by atoms with van der Waals surface area (Å²) in [6.07, 6.45) is -1.82. The molecule has 1 unspecified atom stereocenters. The molecule has 190 valence electrons. The fourth-order valence-electron chi connectivity index (χ4n) is 4.03. The lowest BCUT2D eigenvalue weighted by atomic mass is 9.82. The molecule has 2 aromatic rings. The molecule has 2 aliphatic rings. The van der Waals surface area contributed by atoms with Crippen molar-refractivity contribution in [2.75, 3.05) is 19.7 Å². The predicted octanol–water partition coefficient (Wildman–Crippen LogP) is 5.08. The van der Waals surface area contributed by atoms with Crippen LogP contribution in [0.2, 0.25) is 0 Å². The monoisotopic (exact) mass is 502 g/mol. The highest BCUT2D eigenvalue weighted by Crippen LogP contribution is 2.39. The van der Waals surface area contributed by atoms with Crippen LogP contribution in [0, 0.1) is 29.3 Å². The lowest BCUT2D eigenvalue weighted by Crippen LogP contribution is -2.42. The van der Waals surface area contributed by atoms with Crippen LogP contribution in [0.5, 0.6) is 0 Å². The van der Waals surface area contributed by atoms with Crippen LogP contribution in [0.3, 0.4) is 0 Å². The van der Waals surface area contributed by atoms with E-state index in [4.69, 9.17) is 5.73 Å². The van der Waals surface area contributed by atoms with Crippen LogP contribution in [-0.4, -0.2) is 48.7 Å². The zero-order chi connectivity index (χ0) is 25.8. The van der Waals surface area contributed by atoms with E-state index in [1.54, 1.807) is 6.07 Å². The van der Waals surface area contributed by atoms with Crippen molar-refractivity contribution in [3.63, 3.8) is 0 Å². The maximum absolute atomic E-state index is 13.8. The minimum Gasteiger partial charge on any atom is -0.450 e. The standard InChI is InChI=1S/C12H17F3N2O3.C12H7F3/c13-9-3-7(4-9)10(18)17-5-8(12(14,15)6-17)1-2-20-11(16)19;13-9-5-8(6-10(14)7-9)11-3-1-2-4-12(11)15/h7-9H,1-6H2,(H2,16,19);1-7H. The number of benzene rings is 2. The number of nitrogens with two attached hydrogens (primary N) is 1. The Morgan fingerprint density at radius 1 is 1.06 bits per heavy atom. The fourth-order valence-corrected chi connectivity index (χ4v) is 4.03.